The summed E-state index contributed by atoms with van der Waals surface area (Å²) in [6.07, 6.45) is 4.21. The monoisotopic (exact) mass is 266 g/mol. The van der Waals surface area contributed by atoms with Crippen LogP contribution in [0.5, 0.6) is 0 Å². The van der Waals surface area contributed by atoms with Crippen molar-refractivity contribution in [2.45, 2.75) is 32.9 Å². The smallest absolute Gasteiger partial charge is 0.122 e. The molecule has 1 saturated heterocycles. The summed E-state index contributed by atoms with van der Waals surface area (Å²) in [6, 6.07) is 2.08. The molecule has 2 rings (SSSR count). The van der Waals surface area contributed by atoms with E-state index in [1.807, 2.05) is 0 Å². The third-order valence-corrected chi connectivity index (χ3v) is 3.72. The molecule has 0 bridgehead atoms. The standard InChI is InChI=1S/C15H26N2O2/c1-3-6-16-9-14-5-8-19-15(14)11-17-7-4-13(10-17)12-18-2/h5,8,13,16H,3-4,6-7,9-12H2,1-2H3. The first-order valence-electron chi connectivity index (χ1n) is 7.30. The zero-order valence-electron chi connectivity index (χ0n) is 12.2. The maximum absolute atomic E-state index is 5.64. The fourth-order valence-corrected chi connectivity index (χ4v) is 2.69. The van der Waals surface area contributed by atoms with Gasteiger partial charge in [-0.3, -0.25) is 4.90 Å². The quantitative estimate of drug-likeness (QED) is 0.732. The van der Waals surface area contributed by atoms with E-state index in [9.17, 15) is 0 Å². The van der Waals surface area contributed by atoms with Crippen LogP contribution in [0.2, 0.25) is 0 Å². The van der Waals surface area contributed by atoms with Gasteiger partial charge in [0.25, 0.3) is 0 Å². The van der Waals surface area contributed by atoms with Crippen LogP contribution in [0.1, 0.15) is 31.1 Å². The van der Waals surface area contributed by atoms with Gasteiger partial charge in [-0.2, -0.15) is 0 Å². The van der Waals surface area contributed by atoms with Crippen LogP contribution in [0, 0.1) is 5.92 Å². The molecule has 0 aliphatic carbocycles. The summed E-state index contributed by atoms with van der Waals surface area (Å²) >= 11 is 0. The number of rotatable bonds is 8. The molecule has 2 heterocycles. The second-order valence-corrected chi connectivity index (χ2v) is 5.39. The highest BCUT2D eigenvalue weighted by Gasteiger charge is 2.23. The molecule has 0 aromatic carbocycles. The Kier molecular flexibility index (Phi) is 5.89. The molecule has 0 radical (unpaired) electrons. The minimum atomic E-state index is 0.682. The molecule has 1 aromatic heterocycles. The third kappa shape index (κ3) is 4.34. The first kappa shape index (κ1) is 14.6. The second kappa shape index (κ2) is 7.68. The Labute approximate surface area is 116 Å². The molecule has 1 aromatic rings. The number of furan rings is 1. The van der Waals surface area contributed by atoms with Gasteiger partial charge in [0.2, 0.25) is 0 Å². The van der Waals surface area contributed by atoms with Crippen molar-refractivity contribution in [2.24, 2.45) is 5.92 Å². The molecule has 4 nitrogen and oxygen atoms in total. The Hall–Kier alpha value is -0.840. The van der Waals surface area contributed by atoms with E-state index in [1.54, 1.807) is 13.4 Å². The second-order valence-electron chi connectivity index (χ2n) is 5.39. The summed E-state index contributed by atoms with van der Waals surface area (Å²) in [5.74, 6) is 1.79. The van der Waals surface area contributed by atoms with Gasteiger partial charge in [0, 0.05) is 25.8 Å². The third-order valence-electron chi connectivity index (χ3n) is 3.72. The molecule has 0 amide bonds. The van der Waals surface area contributed by atoms with Crippen molar-refractivity contribution in [3.63, 3.8) is 0 Å². The molecule has 108 valence electrons. The number of nitrogens with one attached hydrogen (secondary N) is 1. The first-order valence-corrected chi connectivity index (χ1v) is 7.30. The highest BCUT2D eigenvalue weighted by atomic mass is 16.5. The molecule has 1 aliphatic heterocycles. The number of hydrogen-bond acceptors (Lipinski definition) is 4. The highest BCUT2D eigenvalue weighted by Crippen LogP contribution is 2.21. The Morgan fingerprint density at radius 2 is 2.42 bits per heavy atom. The average molecular weight is 266 g/mol. The first-order chi connectivity index (χ1) is 9.33. The van der Waals surface area contributed by atoms with Crippen molar-refractivity contribution in [1.82, 2.24) is 10.2 Å². The maximum Gasteiger partial charge on any atom is 0.122 e. The van der Waals surface area contributed by atoms with Gasteiger partial charge in [-0.25, -0.2) is 0 Å². The summed E-state index contributed by atoms with van der Waals surface area (Å²) in [6.45, 7) is 8.23. The molecule has 0 saturated carbocycles. The Balaban J connectivity index is 1.81. The topological polar surface area (TPSA) is 37.6 Å². The van der Waals surface area contributed by atoms with Crippen molar-refractivity contribution in [3.05, 3.63) is 23.7 Å². The van der Waals surface area contributed by atoms with E-state index in [4.69, 9.17) is 9.15 Å². The van der Waals surface area contributed by atoms with E-state index < -0.39 is 0 Å². The Morgan fingerprint density at radius 3 is 3.21 bits per heavy atom. The average Bonchev–Trinajstić information content (AvgIpc) is 3.01. The number of methoxy groups -OCH3 is 1. The van der Waals surface area contributed by atoms with Gasteiger partial charge in [-0.15, -0.1) is 0 Å². The summed E-state index contributed by atoms with van der Waals surface area (Å²) < 4.78 is 10.9. The normalized spacial score (nSPS) is 20.2. The molecule has 4 heteroatoms. The van der Waals surface area contributed by atoms with Crippen molar-refractivity contribution < 1.29 is 9.15 Å². The predicted octanol–water partition coefficient (Wildman–Crippen LogP) is 2.25. The van der Waals surface area contributed by atoms with Crippen LogP contribution in [0.3, 0.4) is 0 Å². The van der Waals surface area contributed by atoms with Gasteiger partial charge in [0.1, 0.15) is 5.76 Å². The van der Waals surface area contributed by atoms with Gasteiger partial charge in [0.05, 0.1) is 19.4 Å². The molecule has 1 atom stereocenters. The molecule has 1 N–H and O–H groups in total. The fraction of sp³-hybridized carbons (Fsp3) is 0.733. The van der Waals surface area contributed by atoms with Crippen molar-refractivity contribution in [2.75, 3.05) is 33.4 Å². The lowest BCUT2D eigenvalue weighted by molar-refractivity contribution is 0.151. The van der Waals surface area contributed by atoms with Crippen LogP contribution in [-0.4, -0.2) is 38.3 Å². The predicted molar refractivity (Wildman–Crippen MR) is 76.0 cm³/mol. The largest absolute Gasteiger partial charge is 0.468 e. The van der Waals surface area contributed by atoms with E-state index in [0.717, 1.165) is 51.5 Å². The molecular formula is C15H26N2O2. The van der Waals surface area contributed by atoms with Crippen LogP contribution in [0.15, 0.2) is 16.7 Å². The zero-order chi connectivity index (χ0) is 13.5. The lowest BCUT2D eigenvalue weighted by Gasteiger charge is -2.15. The van der Waals surface area contributed by atoms with Crippen molar-refractivity contribution >= 4 is 0 Å². The lowest BCUT2D eigenvalue weighted by Crippen LogP contribution is -2.22. The number of nitrogens with zero attached hydrogens (tertiary/aromatic N) is 1. The van der Waals surface area contributed by atoms with E-state index in [2.05, 4.69) is 23.2 Å². The van der Waals surface area contributed by atoms with Gasteiger partial charge >= 0.3 is 0 Å². The van der Waals surface area contributed by atoms with E-state index in [1.165, 1.54) is 12.0 Å². The number of ether oxygens (including phenoxy) is 1. The van der Waals surface area contributed by atoms with Crippen molar-refractivity contribution in [3.8, 4) is 0 Å². The summed E-state index contributed by atoms with van der Waals surface area (Å²) in [5.41, 5.74) is 1.30. The van der Waals surface area contributed by atoms with Gasteiger partial charge in [0.15, 0.2) is 0 Å². The lowest BCUT2D eigenvalue weighted by atomic mass is 10.1. The molecule has 1 fully saturated rings. The Morgan fingerprint density at radius 1 is 1.53 bits per heavy atom. The van der Waals surface area contributed by atoms with Gasteiger partial charge < -0.3 is 14.5 Å². The van der Waals surface area contributed by atoms with Gasteiger partial charge in [-0.05, 0) is 37.9 Å². The van der Waals surface area contributed by atoms with Crippen LogP contribution < -0.4 is 5.32 Å². The minimum Gasteiger partial charge on any atom is -0.468 e. The number of hydrogen-bond donors (Lipinski definition) is 1. The molecule has 1 aliphatic rings. The summed E-state index contributed by atoms with van der Waals surface area (Å²) in [5, 5.41) is 3.43. The van der Waals surface area contributed by atoms with Crippen LogP contribution in [0.4, 0.5) is 0 Å². The van der Waals surface area contributed by atoms with Crippen molar-refractivity contribution in [1.29, 1.82) is 0 Å². The van der Waals surface area contributed by atoms with Crippen LogP contribution in [-0.2, 0) is 17.8 Å². The SMILES string of the molecule is CCCNCc1ccoc1CN1CCC(COC)C1. The van der Waals surface area contributed by atoms with E-state index in [0.29, 0.717) is 5.92 Å². The van der Waals surface area contributed by atoms with Gasteiger partial charge in [-0.1, -0.05) is 6.92 Å². The molecule has 0 spiro atoms. The van der Waals surface area contributed by atoms with Crippen LogP contribution >= 0.6 is 0 Å². The Bertz CT molecular complexity index is 365. The minimum absolute atomic E-state index is 0.682. The molecular weight excluding hydrogens is 240 g/mol. The highest BCUT2D eigenvalue weighted by molar-refractivity contribution is 5.17. The maximum atomic E-state index is 5.64. The van der Waals surface area contributed by atoms with E-state index in [-0.39, 0.29) is 0 Å². The molecule has 19 heavy (non-hydrogen) atoms. The molecule has 1 unspecified atom stereocenters. The fourth-order valence-electron chi connectivity index (χ4n) is 2.69. The summed E-state index contributed by atoms with van der Waals surface area (Å²) in [4.78, 5) is 2.46. The summed E-state index contributed by atoms with van der Waals surface area (Å²) in [7, 11) is 1.78. The number of likely N-dealkylation sites (tertiary alicyclic amines) is 1. The van der Waals surface area contributed by atoms with E-state index >= 15 is 0 Å². The van der Waals surface area contributed by atoms with Crippen LogP contribution in [0.25, 0.3) is 0 Å². The zero-order valence-corrected chi connectivity index (χ0v) is 12.2.